The lowest BCUT2D eigenvalue weighted by atomic mass is 10.1. The van der Waals surface area contributed by atoms with Gasteiger partial charge in [-0.3, -0.25) is 4.79 Å². The van der Waals surface area contributed by atoms with Crippen molar-refractivity contribution in [1.29, 1.82) is 0 Å². The van der Waals surface area contributed by atoms with Crippen LogP contribution in [-0.2, 0) is 11.2 Å². The van der Waals surface area contributed by atoms with E-state index in [-0.39, 0.29) is 11.9 Å². The van der Waals surface area contributed by atoms with E-state index in [2.05, 4.69) is 39.7 Å². The molecule has 0 bridgehead atoms. The molecule has 6 heteroatoms. The molecule has 1 amide bonds. The summed E-state index contributed by atoms with van der Waals surface area (Å²) in [5, 5.41) is 7.71. The number of hydrogen-bond acceptors (Lipinski definition) is 4. The van der Waals surface area contributed by atoms with Gasteiger partial charge in [-0.05, 0) is 37.8 Å². The average Bonchev–Trinajstić information content (AvgIpc) is 3.20. The van der Waals surface area contributed by atoms with E-state index in [9.17, 15) is 4.79 Å². The van der Waals surface area contributed by atoms with E-state index in [1.807, 2.05) is 30.2 Å². The fraction of sp³-hybridized carbons (Fsp3) is 0.350. The third-order valence-electron chi connectivity index (χ3n) is 4.86. The summed E-state index contributed by atoms with van der Waals surface area (Å²) in [4.78, 5) is 19.1. The molecule has 1 fully saturated rings. The molecule has 2 aromatic heterocycles. The van der Waals surface area contributed by atoms with E-state index in [0.29, 0.717) is 0 Å². The summed E-state index contributed by atoms with van der Waals surface area (Å²) < 4.78 is 1.79. The number of carbonyl (C=O) groups is 1. The topological polar surface area (TPSA) is 62.5 Å². The van der Waals surface area contributed by atoms with Crippen molar-refractivity contribution in [2.75, 3.05) is 18.4 Å². The first-order chi connectivity index (χ1) is 12.7. The van der Waals surface area contributed by atoms with Crippen LogP contribution in [0.5, 0.6) is 0 Å². The number of fused-ring (bicyclic) bond motifs is 1. The van der Waals surface area contributed by atoms with Crippen LogP contribution in [0.1, 0.15) is 24.1 Å². The third kappa shape index (κ3) is 3.40. The van der Waals surface area contributed by atoms with Crippen molar-refractivity contribution in [3.8, 4) is 0 Å². The predicted octanol–water partition coefficient (Wildman–Crippen LogP) is 2.68. The van der Waals surface area contributed by atoms with Crippen LogP contribution in [-0.4, -0.2) is 44.5 Å². The van der Waals surface area contributed by atoms with E-state index < -0.39 is 0 Å². The van der Waals surface area contributed by atoms with Gasteiger partial charge >= 0.3 is 0 Å². The third-order valence-corrected chi connectivity index (χ3v) is 4.86. The lowest BCUT2D eigenvalue weighted by Gasteiger charge is -2.17. The Hall–Kier alpha value is -2.89. The van der Waals surface area contributed by atoms with Crippen molar-refractivity contribution < 1.29 is 4.79 Å². The molecule has 0 saturated carbocycles. The Morgan fingerprint density at radius 2 is 2.12 bits per heavy atom. The number of aromatic nitrogens is 3. The van der Waals surface area contributed by atoms with Crippen LogP contribution in [0, 0.1) is 6.92 Å². The highest BCUT2D eigenvalue weighted by atomic mass is 16.2. The van der Waals surface area contributed by atoms with Crippen LogP contribution < -0.4 is 5.32 Å². The molecule has 1 aliphatic heterocycles. The fourth-order valence-corrected chi connectivity index (χ4v) is 3.53. The zero-order chi connectivity index (χ0) is 17.9. The molecule has 0 spiro atoms. The summed E-state index contributed by atoms with van der Waals surface area (Å²) in [6.45, 7) is 3.55. The number of anilines is 1. The van der Waals surface area contributed by atoms with E-state index in [1.165, 1.54) is 5.56 Å². The first-order valence-electron chi connectivity index (χ1n) is 9.11. The van der Waals surface area contributed by atoms with Crippen LogP contribution in [0.25, 0.3) is 5.52 Å². The first-order valence-corrected chi connectivity index (χ1v) is 9.11. The van der Waals surface area contributed by atoms with E-state index in [1.54, 1.807) is 10.7 Å². The molecule has 1 N–H and O–H groups in total. The predicted molar refractivity (Wildman–Crippen MR) is 101 cm³/mol. The van der Waals surface area contributed by atoms with Crippen LogP contribution in [0.4, 0.5) is 5.82 Å². The van der Waals surface area contributed by atoms with Crippen LogP contribution in [0.15, 0.2) is 48.8 Å². The van der Waals surface area contributed by atoms with Gasteiger partial charge in [0.05, 0.1) is 5.69 Å². The van der Waals surface area contributed by atoms with E-state index in [4.69, 9.17) is 0 Å². The molecular weight excluding hydrogens is 326 g/mol. The van der Waals surface area contributed by atoms with Crippen LogP contribution in [0.3, 0.4) is 0 Å². The van der Waals surface area contributed by atoms with Gasteiger partial charge in [0.25, 0.3) is 0 Å². The standard InChI is InChI=1S/C20H23N5O/c1-15-14-18-19(21-10-13-25(18)23-15)22-17-9-12-24(20(17)26)11-5-8-16-6-3-2-4-7-16/h2-4,6-7,10,13-14,17H,5,8-9,11-12H2,1H3,(H,21,22). The van der Waals surface area contributed by atoms with Crippen molar-refractivity contribution in [3.63, 3.8) is 0 Å². The lowest BCUT2D eigenvalue weighted by molar-refractivity contribution is -0.128. The maximum absolute atomic E-state index is 12.7. The molecule has 1 aliphatic rings. The molecule has 4 rings (SSSR count). The van der Waals surface area contributed by atoms with Gasteiger partial charge in [0.1, 0.15) is 11.6 Å². The van der Waals surface area contributed by atoms with Crippen molar-refractivity contribution in [2.45, 2.75) is 32.2 Å². The highest BCUT2D eigenvalue weighted by Crippen LogP contribution is 2.20. The smallest absolute Gasteiger partial charge is 0.245 e. The Morgan fingerprint density at radius 3 is 2.96 bits per heavy atom. The van der Waals surface area contributed by atoms with Gasteiger partial charge < -0.3 is 10.2 Å². The number of nitrogens with zero attached hydrogens (tertiary/aromatic N) is 4. The molecule has 1 aromatic carbocycles. The molecule has 1 unspecified atom stereocenters. The Balaban J connectivity index is 1.36. The number of likely N-dealkylation sites (tertiary alicyclic amines) is 1. The molecule has 6 nitrogen and oxygen atoms in total. The SMILES string of the molecule is Cc1cc2c(NC3CCN(CCCc4ccccc4)C3=O)nccn2n1. The number of aryl methyl sites for hydroxylation is 2. The summed E-state index contributed by atoms with van der Waals surface area (Å²) >= 11 is 0. The average molecular weight is 349 g/mol. The summed E-state index contributed by atoms with van der Waals surface area (Å²) in [5.41, 5.74) is 3.16. The molecule has 3 aromatic rings. The highest BCUT2D eigenvalue weighted by Gasteiger charge is 2.31. The fourth-order valence-electron chi connectivity index (χ4n) is 3.53. The summed E-state index contributed by atoms with van der Waals surface area (Å²) in [6.07, 6.45) is 6.32. The number of nitrogens with one attached hydrogen (secondary N) is 1. The summed E-state index contributed by atoms with van der Waals surface area (Å²) in [7, 11) is 0. The zero-order valence-corrected chi connectivity index (χ0v) is 14.9. The molecule has 0 aliphatic carbocycles. The molecule has 1 saturated heterocycles. The molecule has 3 heterocycles. The van der Waals surface area contributed by atoms with Crippen molar-refractivity contribution in [3.05, 3.63) is 60.0 Å². The number of amides is 1. The zero-order valence-electron chi connectivity index (χ0n) is 14.9. The molecule has 26 heavy (non-hydrogen) atoms. The van der Waals surface area contributed by atoms with Crippen molar-refractivity contribution in [1.82, 2.24) is 19.5 Å². The largest absolute Gasteiger partial charge is 0.357 e. The summed E-state index contributed by atoms with van der Waals surface area (Å²) in [6, 6.07) is 12.2. The minimum Gasteiger partial charge on any atom is -0.357 e. The highest BCUT2D eigenvalue weighted by molar-refractivity contribution is 5.87. The monoisotopic (exact) mass is 349 g/mol. The normalized spacial score (nSPS) is 17.2. The van der Waals surface area contributed by atoms with Crippen LogP contribution in [0.2, 0.25) is 0 Å². The Labute approximate surface area is 152 Å². The number of carbonyl (C=O) groups excluding carboxylic acids is 1. The van der Waals surface area contributed by atoms with Crippen molar-refractivity contribution >= 4 is 17.2 Å². The number of hydrogen-bond donors (Lipinski definition) is 1. The second-order valence-corrected chi connectivity index (χ2v) is 6.79. The van der Waals surface area contributed by atoms with Gasteiger partial charge in [0.15, 0.2) is 5.82 Å². The van der Waals surface area contributed by atoms with Gasteiger partial charge in [0.2, 0.25) is 5.91 Å². The minimum atomic E-state index is -0.208. The lowest BCUT2D eigenvalue weighted by Crippen LogP contribution is -2.34. The second-order valence-electron chi connectivity index (χ2n) is 6.79. The van der Waals surface area contributed by atoms with Gasteiger partial charge in [-0.25, -0.2) is 9.50 Å². The Bertz CT molecular complexity index is 905. The maximum atomic E-state index is 12.7. The number of rotatable bonds is 6. The minimum absolute atomic E-state index is 0.165. The van der Waals surface area contributed by atoms with Crippen LogP contribution >= 0.6 is 0 Å². The maximum Gasteiger partial charge on any atom is 0.245 e. The number of benzene rings is 1. The summed E-state index contributed by atoms with van der Waals surface area (Å²) in [5.74, 6) is 0.885. The molecular formula is C20H23N5O. The second kappa shape index (κ2) is 7.15. The van der Waals surface area contributed by atoms with Gasteiger partial charge in [-0.15, -0.1) is 0 Å². The Kier molecular flexibility index (Phi) is 4.56. The van der Waals surface area contributed by atoms with E-state index in [0.717, 1.165) is 49.4 Å². The molecule has 134 valence electrons. The van der Waals surface area contributed by atoms with Crippen molar-refractivity contribution in [2.24, 2.45) is 0 Å². The first kappa shape index (κ1) is 16.6. The molecule has 0 radical (unpaired) electrons. The quantitative estimate of drug-likeness (QED) is 0.743. The van der Waals surface area contributed by atoms with E-state index >= 15 is 0 Å². The Morgan fingerprint density at radius 1 is 1.27 bits per heavy atom. The van der Waals surface area contributed by atoms with Gasteiger partial charge in [0, 0.05) is 25.5 Å². The molecule has 1 atom stereocenters. The van der Waals surface area contributed by atoms with Gasteiger partial charge in [-0.1, -0.05) is 30.3 Å². The van der Waals surface area contributed by atoms with Gasteiger partial charge in [-0.2, -0.15) is 5.10 Å².